The van der Waals surface area contributed by atoms with Crippen LogP contribution in [0, 0.1) is 13.8 Å². The lowest BCUT2D eigenvalue weighted by atomic mass is 10.1. The molecule has 2 rings (SSSR count). The molecule has 4 nitrogen and oxygen atoms in total. The van der Waals surface area contributed by atoms with Crippen LogP contribution in [0.2, 0.25) is 0 Å². The van der Waals surface area contributed by atoms with Gasteiger partial charge in [0.2, 0.25) is 0 Å². The third-order valence-electron chi connectivity index (χ3n) is 3.56. The lowest BCUT2D eigenvalue weighted by Gasteiger charge is -2.12. The first-order chi connectivity index (χ1) is 9.15. The van der Waals surface area contributed by atoms with E-state index in [4.69, 9.17) is 4.74 Å². The highest BCUT2D eigenvalue weighted by molar-refractivity contribution is 5.77. The Kier molecular flexibility index (Phi) is 4.80. The third kappa shape index (κ3) is 4.24. The molecule has 4 heteroatoms. The Hall–Kier alpha value is -1.55. The second-order valence-corrected chi connectivity index (χ2v) is 5.13. The van der Waals surface area contributed by atoms with Crippen LogP contribution in [-0.2, 0) is 4.79 Å². The molecule has 1 saturated heterocycles. The van der Waals surface area contributed by atoms with Crippen LogP contribution < -0.4 is 15.4 Å². The van der Waals surface area contributed by atoms with Gasteiger partial charge < -0.3 is 15.4 Å². The maximum atomic E-state index is 11.7. The Balaban J connectivity index is 1.71. The van der Waals surface area contributed by atoms with Crippen molar-refractivity contribution in [2.24, 2.45) is 0 Å². The summed E-state index contributed by atoms with van der Waals surface area (Å²) in [5, 5.41) is 6.24. The molecule has 1 amide bonds. The zero-order valence-corrected chi connectivity index (χ0v) is 11.7. The van der Waals surface area contributed by atoms with E-state index in [2.05, 4.69) is 17.6 Å². The van der Waals surface area contributed by atoms with Crippen molar-refractivity contribution in [3.05, 3.63) is 29.3 Å². The van der Waals surface area contributed by atoms with Crippen LogP contribution >= 0.6 is 0 Å². The maximum Gasteiger partial charge on any atom is 0.257 e. The number of rotatable bonds is 5. The van der Waals surface area contributed by atoms with Gasteiger partial charge in [-0.1, -0.05) is 6.07 Å². The first kappa shape index (κ1) is 13.9. The first-order valence-electron chi connectivity index (χ1n) is 6.85. The van der Waals surface area contributed by atoms with E-state index >= 15 is 0 Å². The topological polar surface area (TPSA) is 50.4 Å². The van der Waals surface area contributed by atoms with E-state index in [9.17, 15) is 4.79 Å². The molecule has 104 valence electrons. The second-order valence-electron chi connectivity index (χ2n) is 5.13. The summed E-state index contributed by atoms with van der Waals surface area (Å²) in [6, 6.07) is 6.28. The van der Waals surface area contributed by atoms with Gasteiger partial charge in [-0.2, -0.15) is 0 Å². The Morgan fingerprint density at radius 3 is 2.95 bits per heavy atom. The highest BCUT2D eigenvalue weighted by Gasteiger charge is 2.14. The van der Waals surface area contributed by atoms with E-state index in [0.717, 1.165) is 18.7 Å². The summed E-state index contributed by atoms with van der Waals surface area (Å²) >= 11 is 0. The van der Waals surface area contributed by atoms with Crippen molar-refractivity contribution < 1.29 is 9.53 Å². The summed E-state index contributed by atoms with van der Waals surface area (Å²) in [7, 11) is 0. The van der Waals surface area contributed by atoms with Crippen molar-refractivity contribution in [2.75, 3.05) is 19.7 Å². The number of nitrogens with one attached hydrogen (secondary N) is 2. The summed E-state index contributed by atoms with van der Waals surface area (Å²) in [5.74, 6) is 0.684. The molecule has 19 heavy (non-hydrogen) atoms. The molecule has 0 aliphatic carbocycles. The summed E-state index contributed by atoms with van der Waals surface area (Å²) in [4.78, 5) is 11.7. The molecule has 0 spiro atoms. The van der Waals surface area contributed by atoms with Crippen LogP contribution in [0.3, 0.4) is 0 Å². The van der Waals surface area contributed by atoms with E-state index in [1.165, 1.54) is 17.5 Å². The molecule has 1 aliphatic heterocycles. The Bertz CT molecular complexity index is 440. The van der Waals surface area contributed by atoms with E-state index < -0.39 is 0 Å². The number of aryl methyl sites for hydroxylation is 2. The molecular weight excluding hydrogens is 240 g/mol. The quantitative estimate of drug-likeness (QED) is 0.846. The van der Waals surface area contributed by atoms with Gasteiger partial charge in [0.15, 0.2) is 6.61 Å². The fraction of sp³-hybridized carbons (Fsp3) is 0.533. The van der Waals surface area contributed by atoms with Gasteiger partial charge in [-0.05, 0) is 56.5 Å². The van der Waals surface area contributed by atoms with E-state index in [-0.39, 0.29) is 12.5 Å². The van der Waals surface area contributed by atoms with Gasteiger partial charge in [-0.15, -0.1) is 0 Å². The molecule has 1 aromatic rings. The highest BCUT2D eigenvalue weighted by Crippen LogP contribution is 2.16. The molecule has 1 aromatic carbocycles. The van der Waals surface area contributed by atoms with Gasteiger partial charge >= 0.3 is 0 Å². The second kappa shape index (κ2) is 6.57. The van der Waals surface area contributed by atoms with E-state index in [1.54, 1.807) is 0 Å². The summed E-state index contributed by atoms with van der Waals surface area (Å²) in [6.45, 7) is 5.92. The van der Waals surface area contributed by atoms with Crippen molar-refractivity contribution in [1.82, 2.24) is 10.6 Å². The van der Waals surface area contributed by atoms with Crippen LogP contribution in [0.25, 0.3) is 0 Å². The molecule has 0 bridgehead atoms. The molecule has 1 unspecified atom stereocenters. The van der Waals surface area contributed by atoms with Crippen molar-refractivity contribution >= 4 is 5.91 Å². The number of ether oxygens (including phenoxy) is 1. The van der Waals surface area contributed by atoms with Gasteiger partial charge in [0.05, 0.1) is 0 Å². The van der Waals surface area contributed by atoms with E-state index in [1.807, 2.05) is 25.1 Å². The zero-order valence-electron chi connectivity index (χ0n) is 11.7. The zero-order chi connectivity index (χ0) is 13.7. The smallest absolute Gasteiger partial charge is 0.257 e. The number of hydrogen-bond donors (Lipinski definition) is 2. The maximum absolute atomic E-state index is 11.7. The molecule has 1 aliphatic rings. The van der Waals surface area contributed by atoms with Crippen LogP contribution in [0.5, 0.6) is 5.75 Å². The van der Waals surface area contributed by atoms with Crippen LogP contribution in [-0.4, -0.2) is 31.6 Å². The van der Waals surface area contributed by atoms with Gasteiger partial charge in [-0.25, -0.2) is 0 Å². The lowest BCUT2D eigenvalue weighted by Crippen LogP contribution is -2.39. The summed E-state index contributed by atoms with van der Waals surface area (Å²) in [5.41, 5.74) is 2.40. The molecular formula is C15H22N2O2. The fourth-order valence-electron chi connectivity index (χ4n) is 2.17. The standard InChI is InChI=1S/C15H22N2O2/c1-11-5-6-14(8-12(11)2)19-10-15(18)17-9-13-4-3-7-16-13/h5-6,8,13,16H,3-4,7,9-10H2,1-2H3,(H,17,18). The Morgan fingerprint density at radius 1 is 1.42 bits per heavy atom. The van der Waals surface area contributed by atoms with Gasteiger partial charge in [-0.3, -0.25) is 4.79 Å². The minimum Gasteiger partial charge on any atom is -0.484 e. The monoisotopic (exact) mass is 262 g/mol. The molecule has 0 saturated carbocycles. The van der Waals surface area contributed by atoms with Crippen molar-refractivity contribution in [3.8, 4) is 5.75 Å². The van der Waals surface area contributed by atoms with Crippen LogP contribution in [0.4, 0.5) is 0 Å². The summed E-state index contributed by atoms with van der Waals surface area (Å²) < 4.78 is 5.49. The lowest BCUT2D eigenvalue weighted by molar-refractivity contribution is -0.123. The van der Waals surface area contributed by atoms with Crippen LogP contribution in [0.15, 0.2) is 18.2 Å². The first-order valence-corrected chi connectivity index (χ1v) is 6.85. The van der Waals surface area contributed by atoms with Crippen molar-refractivity contribution in [3.63, 3.8) is 0 Å². The fourth-order valence-corrected chi connectivity index (χ4v) is 2.17. The van der Waals surface area contributed by atoms with Crippen LogP contribution in [0.1, 0.15) is 24.0 Å². The molecule has 1 atom stereocenters. The molecule has 1 fully saturated rings. The largest absolute Gasteiger partial charge is 0.484 e. The Labute approximate surface area is 114 Å². The molecule has 0 aromatic heterocycles. The van der Waals surface area contributed by atoms with Gasteiger partial charge in [0, 0.05) is 12.6 Å². The highest BCUT2D eigenvalue weighted by atomic mass is 16.5. The van der Waals surface area contributed by atoms with E-state index in [0.29, 0.717) is 12.6 Å². The van der Waals surface area contributed by atoms with Crippen molar-refractivity contribution in [2.45, 2.75) is 32.7 Å². The molecule has 0 radical (unpaired) electrons. The predicted octanol–water partition coefficient (Wildman–Crippen LogP) is 1.55. The number of carbonyl (C=O) groups excluding carboxylic acids is 1. The van der Waals surface area contributed by atoms with Crippen molar-refractivity contribution in [1.29, 1.82) is 0 Å². The predicted molar refractivity (Wildman–Crippen MR) is 75.4 cm³/mol. The van der Waals surface area contributed by atoms with Gasteiger partial charge in [0.1, 0.15) is 5.75 Å². The number of carbonyl (C=O) groups is 1. The molecule has 2 N–H and O–H groups in total. The number of hydrogen-bond acceptors (Lipinski definition) is 3. The SMILES string of the molecule is Cc1ccc(OCC(=O)NCC2CCCN2)cc1C. The summed E-state index contributed by atoms with van der Waals surface area (Å²) in [6.07, 6.45) is 2.33. The average Bonchev–Trinajstić information content (AvgIpc) is 2.91. The molecule has 1 heterocycles. The normalized spacial score (nSPS) is 18.3. The minimum absolute atomic E-state index is 0.0630. The average molecular weight is 262 g/mol. The third-order valence-corrected chi connectivity index (χ3v) is 3.56. The number of amides is 1. The minimum atomic E-state index is -0.0630. The van der Waals surface area contributed by atoms with Gasteiger partial charge in [0.25, 0.3) is 5.91 Å². The Morgan fingerprint density at radius 2 is 2.26 bits per heavy atom. The number of benzene rings is 1.